The summed E-state index contributed by atoms with van der Waals surface area (Å²) >= 11 is 0. The SMILES string of the molecule is Cc1nnc(CN=C(NCCCN2CCOCC2)N2CCS(=O)(=O)C(C)(C)C2)n1C. The molecule has 2 saturated heterocycles. The number of ether oxygens (including phenoxy) is 1. The molecule has 11 heteroatoms. The van der Waals surface area contributed by atoms with E-state index in [9.17, 15) is 8.42 Å². The van der Waals surface area contributed by atoms with Gasteiger partial charge in [0.25, 0.3) is 0 Å². The highest BCUT2D eigenvalue weighted by molar-refractivity contribution is 7.92. The number of nitrogens with one attached hydrogen (secondary N) is 1. The Bertz CT molecular complexity index is 844. The fraction of sp³-hybridized carbons (Fsp3) is 0.842. The van der Waals surface area contributed by atoms with Crippen molar-refractivity contribution in [3.63, 3.8) is 0 Å². The summed E-state index contributed by atoms with van der Waals surface area (Å²) in [4.78, 5) is 9.23. The van der Waals surface area contributed by atoms with Crippen LogP contribution >= 0.6 is 0 Å². The molecule has 1 N–H and O–H groups in total. The smallest absolute Gasteiger partial charge is 0.194 e. The number of rotatable bonds is 6. The van der Waals surface area contributed by atoms with Crippen LogP contribution < -0.4 is 5.32 Å². The zero-order valence-corrected chi connectivity index (χ0v) is 19.4. The minimum Gasteiger partial charge on any atom is -0.379 e. The van der Waals surface area contributed by atoms with Crippen LogP contribution in [0.4, 0.5) is 0 Å². The number of guanidine groups is 1. The van der Waals surface area contributed by atoms with Gasteiger partial charge in [0.1, 0.15) is 12.4 Å². The number of aromatic nitrogens is 3. The second-order valence-electron chi connectivity index (χ2n) is 8.60. The largest absolute Gasteiger partial charge is 0.379 e. The van der Waals surface area contributed by atoms with Crippen molar-refractivity contribution >= 4 is 15.8 Å². The van der Waals surface area contributed by atoms with Gasteiger partial charge in [-0.1, -0.05) is 0 Å². The van der Waals surface area contributed by atoms with Crippen LogP contribution in [0.5, 0.6) is 0 Å². The Balaban J connectivity index is 1.65. The van der Waals surface area contributed by atoms with Crippen molar-refractivity contribution in [1.29, 1.82) is 0 Å². The third kappa shape index (κ3) is 5.50. The van der Waals surface area contributed by atoms with Gasteiger partial charge in [-0.2, -0.15) is 0 Å². The van der Waals surface area contributed by atoms with E-state index >= 15 is 0 Å². The molecule has 3 heterocycles. The van der Waals surface area contributed by atoms with Crippen LogP contribution in [0.3, 0.4) is 0 Å². The number of morpholine rings is 1. The van der Waals surface area contributed by atoms with Crippen molar-refractivity contribution in [2.75, 3.05) is 58.2 Å². The number of hydrogen-bond acceptors (Lipinski definition) is 7. The van der Waals surface area contributed by atoms with E-state index in [1.54, 1.807) is 13.8 Å². The predicted molar refractivity (Wildman–Crippen MR) is 116 cm³/mol. The van der Waals surface area contributed by atoms with Crippen LogP contribution in [-0.4, -0.2) is 102 Å². The molecule has 170 valence electrons. The first-order valence-electron chi connectivity index (χ1n) is 10.6. The average molecular weight is 442 g/mol. The molecule has 10 nitrogen and oxygen atoms in total. The Morgan fingerprint density at radius 3 is 2.60 bits per heavy atom. The molecular weight excluding hydrogens is 406 g/mol. The zero-order chi connectivity index (χ0) is 21.8. The molecule has 0 amide bonds. The normalized spacial score (nSPS) is 22.3. The minimum atomic E-state index is -3.11. The molecule has 0 spiro atoms. The summed E-state index contributed by atoms with van der Waals surface area (Å²) in [6.07, 6.45) is 0.984. The number of aryl methyl sites for hydroxylation is 1. The molecule has 0 aromatic carbocycles. The van der Waals surface area contributed by atoms with Gasteiger partial charge in [0, 0.05) is 39.8 Å². The van der Waals surface area contributed by atoms with Gasteiger partial charge in [-0.25, -0.2) is 13.4 Å². The van der Waals surface area contributed by atoms with Gasteiger partial charge < -0.3 is 19.5 Å². The van der Waals surface area contributed by atoms with Crippen molar-refractivity contribution < 1.29 is 13.2 Å². The van der Waals surface area contributed by atoms with Crippen LogP contribution in [0.25, 0.3) is 0 Å². The monoisotopic (exact) mass is 441 g/mol. The first kappa shape index (κ1) is 23.0. The molecule has 30 heavy (non-hydrogen) atoms. The summed E-state index contributed by atoms with van der Waals surface area (Å²) in [5.74, 6) is 2.49. The quantitative estimate of drug-likeness (QED) is 0.368. The molecule has 0 aliphatic carbocycles. The maximum Gasteiger partial charge on any atom is 0.194 e. The van der Waals surface area contributed by atoms with E-state index in [2.05, 4.69) is 25.3 Å². The number of nitrogens with zero attached hydrogens (tertiary/aromatic N) is 6. The lowest BCUT2D eigenvalue weighted by Crippen LogP contribution is -2.57. The number of sulfone groups is 1. The summed E-state index contributed by atoms with van der Waals surface area (Å²) in [7, 11) is -1.18. The van der Waals surface area contributed by atoms with Gasteiger partial charge in [-0.05, 0) is 33.7 Å². The Morgan fingerprint density at radius 2 is 1.97 bits per heavy atom. The molecular formula is C19H35N7O3S. The van der Waals surface area contributed by atoms with E-state index in [0.717, 1.165) is 63.4 Å². The van der Waals surface area contributed by atoms with E-state index in [0.29, 0.717) is 19.6 Å². The number of aliphatic imine (C=N–C) groups is 1. The van der Waals surface area contributed by atoms with Crippen molar-refractivity contribution in [2.45, 2.75) is 38.5 Å². The van der Waals surface area contributed by atoms with Crippen molar-refractivity contribution in [1.82, 2.24) is 29.9 Å². The molecule has 3 rings (SSSR count). The van der Waals surface area contributed by atoms with Gasteiger partial charge in [0.15, 0.2) is 21.6 Å². The van der Waals surface area contributed by atoms with Crippen molar-refractivity contribution in [3.8, 4) is 0 Å². The molecule has 0 radical (unpaired) electrons. The summed E-state index contributed by atoms with van der Waals surface area (Å²) in [5, 5.41) is 11.7. The third-order valence-electron chi connectivity index (χ3n) is 5.93. The summed E-state index contributed by atoms with van der Waals surface area (Å²) in [5.41, 5.74) is 0. The molecule has 0 bridgehead atoms. The standard InChI is InChI=1S/C19H35N7O3S/c1-16-22-23-17(24(16)4)14-21-18(20-6-5-7-25-8-11-29-12-9-25)26-10-13-30(27,28)19(2,3)15-26/h5-15H2,1-4H3,(H,20,21). The van der Waals surface area contributed by atoms with E-state index in [4.69, 9.17) is 9.73 Å². The topological polar surface area (TPSA) is 105 Å². The van der Waals surface area contributed by atoms with Crippen LogP contribution in [0, 0.1) is 6.92 Å². The lowest BCUT2D eigenvalue weighted by molar-refractivity contribution is 0.0375. The first-order valence-corrected chi connectivity index (χ1v) is 12.3. The van der Waals surface area contributed by atoms with Crippen LogP contribution in [0.15, 0.2) is 4.99 Å². The second-order valence-corrected chi connectivity index (χ2v) is 11.3. The Kier molecular flexibility index (Phi) is 7.35. The molecule has 0 saturated carbocycles. The third-order valence-corrected chi connectivity index (χ3v) is 8.47. The van der Waals surface area contributed by atoms with Gasteiger partial charge in [-0.15, -0.1) is 10.2 Å². The Morgan fingerprint density at radius 1 is 1.23 bits per heavy atom. The van der Waals surface area contributed by atoms with Crippen molar-refractivity contribution in [2.24, 2.45) is 12.0 Å². The molecule has 2 fully saturated rings. The molecule has 2 aliphatic rings. The first-order chi connectivity index (χ1) is 14.2. The summed E-state index contributed by atoms with van der Waals surface area (Å²) in [6.45, 7) is 12.1. The number of hydrogen-bond donors (Lipinski definition) is 1. The van der Waals surface area contributed by atoms with Crippen molar-refractivity contribution in [3.05, 3.63) is 11.6 Å². The molecule has 1 aromatic heterocycles. The predicted octanol–water partition coefficient (Wildman–Crippen LogP) is -0.200. The Labute approximate surface area is 179 Å². The molecule has 1 aromatic rings. The Hall–Kier alpha value is -1.72. The maximum absolute atomic E-state index is 12.4. The summed E-state index contributed by atoms with van der Waals surface area (Å²) < 4.78 is 31.3. The highest BCUT2D eigenvalue weighted by Crippen LogP contribution is 2.23. The zero-order valence-electron chi connectivity index (χ0n) is 18.6. The molecule has 2 aliphatic heterocycles. The molecule has 0 atom stereocenters. The van der Waals surface area contributed by atoms with Gasteiger partial charge in [0.05, 0.1) is 23.7 Å². The maximum atomic E-state index is 12.4. The van der Waals surface area contributed by atoms with Crippen LogP contribution in [0.2, 0.25) is 0 Å². The lowest BCUT2D eigenvalue weighted by Gasteiger charge is -2.39. The fourth-order valence-corrected chi connectivity index (χ4v) is 5.02. The van der Waals surface area contributed by atoms with E-state index in [1.807, 2.05) is 18.5 Å². The van der Waals surface area contributed by atoms with Gasteiger partial charge in [0.2, 0.25) is 0 Å². The molecule has 0 unspecified atom stereocenters. The second kappa shape index (κ2) is 9.61. The van der Waals surface area contributed by atoms with E-state index < -0.39 is 14.6 Å². The highest BCUT2D eigenvalue weighted by atomic mass is 32.2. The average Bonchev–Trinajstić information content (AvgIpc) is 3.02. The van der Waals surface area contributed by atoms with Gasteiger partial charge in [-0.3, -0.25) is 4.90 Å². The highest BCUT2D eigenvalue weighted by Gasteiger charge is 2.41. The van der Waals surface area contributed by atoms with Gasteiger partial charge >= 0.3 is 0 Å². The van der Waals surface area contributed by atoms with E-state index in [1.165, 1.54) is 0 Å². The van der Waals surface area contributed by atoms with E-state index in [-0.39, 0.29) is 5.75 Å². The van der Waals surface area contributed by atoms with Crippen LogP contribution in [0.1, 0.15) is 31.9 Å². The fourth-order valence-electron chi connectivity index (χ4n) is 3.65. The minimum absolute atomic E-state index is 0.136. The van der Waals surface area contributed by atoms with Crippen LogP contribution in [-0.2, 0) is 28.2 Å². The lowest BCUT2D eigenvalue weighted by atomic mass is 10.2. The summed E-state index contributed by atoms with van der Waals surface area (Å²) in [6, 6.07) is 0.